The molecule has 24 heavy (non-hydrogen) atoms. The maximum Gasteiger partial charge on any atom is 0.311 e. The molecule has 0 aromatic heterocycles. The molecule has 1 aliphatic heterocycles. The minimum absolute atomic E-state index is 0.261. The van der Waals surface area contributed by atoms with Crippen LogP contribution in [0.3, 0.4) is 0 Å². The molecule has 0 saturated carbocycles. The minimum atomic E-state index is -0.741. The fourth-order valence-corrected chi connectivity index (χ4v) is 2.93. The van der Waals surface area contributed by atoms with Crippen LogP contribution in [0.15, 0.2) is 48.5 Å². The van der Waals surface area contributed by atoms with Gasteiger partial charge in [0.2, 0.25) is 0 Å². The Morgan fingerprint density at radius 3 is 2.58 bits per heavy atom. The number of likely N-dealkylation sites (tertiary alicyclic amines) is 1. The number of carboxylic acids is 1. The van der Waals surface area contributed by atoms with Crippen molar-refractivity contribution < 1.29 is 19.0 Å². The highest BCUT2D eigenvalue weighted by Crippen LogP contribution is 2.31. The first kappa shape index (κ1) is 16.5. The summed E-state index contributed by atoms with van der Waals surface area (Å²) in [6.45, 7) is 3.97. The monoisotopic (exact) mass is 329 g/mol. The minimum Gasteiger partial charge on any atom is -0.489 e. The molecule has 1 fully saturated rings. The maximum absolute atomic E-state index is 12.9. The number of ether oxygens (including phenoxy) is 1. The lowest BCUT2D eigenvalue weighted by atomic mass is 9.82. The van der Waals surface area contributed by atoms with Crippen molar-refractivity contribution in [3.8, 4) is 5.75 Å². The van der Waals surface area contributed by atoms with Gasteiger partial charge in [0, 0.05) is 19.6 Å². The van der Waals surface area contributed by atoms with E-state index in [9.17, 15) is 9.18 Å². The molecule has 1 heterocycles. The summed E-state index contributed by atoms with van der Waals surface area (Å²) in [7, 11) is 0. The summed E-state index contributed by atoms with van der Waals surface area (Å²) in [5.74, 6) is -0.253. The van der Waals surface area contributed by atoms with Crippen LogP contribution in [0.1, 0.15) is 18.1 Å². The Morgan fingerprint density at radius 1 is 1.21 bits per heavy atom. The van der Waals surface area contributed by atoms with Gasteiger partial charge in [-0.3, -0.25) is 9.69 Å². The summed E-state index contributed by atoms with van der Waals surface area (Å²) in [6, 6.07) is 14.0. The van der Waals surface area contributed by atoms with Gasteiger partial charge in [-0.05, 0) is 42.3 Å². The third kappa shape index (κ3) is 3.74. The van der Waals surface area contributed by atoms with Crippen molar-refractivity contribution in [3.63, 3.8) is 0 Å². The van der Waals surface area contributed by atoms with E-state index in [1.807, 2.05) is 24.3 Å². The molecule has 0 unspecified atom stereocenters. The molecule has 0 amide bonds. The van der Waals surface area contributed by atoms with E-state index in [0.29, 0.717) is 26.2 Å². The molecular weight excluding hydrogens is 309 g/mol. The zero-order valence-electron chi connectivity index (χ0n) is 13.5. The van der Waals surface area contributed by atoms with E-state index in [4.69, 9.17) is 9.84 Å². The molecule has 5 heteroatoms. The molecule has 1 saturated heterocycles. The topological polar surface area (TPSA) is 49.8 Å². The van der Waals surface area contributed by atoms with Crippen molar-refractivity contribution in [3.05, 3.63) is 65.5 Å². The van der Waals surface area contributed by atoms with Crippen molar-refractivity contribution in [1.82, 2.24) is 4.90 Å². The predicted molar refractivity (Wildman–Crippen MR) is 88.2 cm³/mol. The van der Waals surface area contributed by atoms with Crippen molar-refractivity contribution >= 4 is 5.97 Å². The van der Waals surface area contributed by atoms with Gasteiger partial charge in [-0.15, -0.1) is 0 Å². The lowest BCUT2D eigenvalue weighted by Gasteiger charge is -2.45. The summed E-state index contributed by atoms with van der Waals surface area (Å²) in [5, 5.41) is 9.15. The largest absolute Gasteiger partial charge is 0.489 e. The normalized spacial score (nSPS) is 16.4. The predicted octanol–water partition coefficient (Wildman–Crippen LogP) is 3.31. The number of hydrogen-bond acceptors (Lipinski definition) is 3. The average molecular weight is 329 g/mol. The van der Waals surface area contributed by atoms with Crippen molar-refractivity contribution in [2.24, 2.45) is 5.41 Å². The Morgan fingerprint density at radius 2 is 1.92 bits per heavy atom. The highest BCUT2D eigenvalue weighted by Gasteiger charge is 2.44. The number of carboxylic acid groups (broad SMARTS) is 1. The number of rotatable bonds is 6. The van der Waals surface area contributed by atoms with Gasteiger partial charge < -0.3 is 9.84 Å². The van der Waals surface area contributed by atoms with Crippen LogP contribution >= 0.6 is 0 Å². The maximum atomic E-state index is 12.9. The van der Waals surface area contributed by atoms with E-state index in [0.717, 1.165) is 16.9 Å². The third-order valence-electron chi connectivity index (χ3n) is 4.28. The van der Waals surface area contributed by atoms with Crippen LogP contribution in [0.5, 0.6) is 5.75 Å². The van der Waals surface area contributed by atoms with Gasteiger partial charge >= 0.3 is 5.97 Å². The first-order chi connectivity index (χ1) is 11.4. The highest BCUT2D eigenvalue weighted by molar-refractivity contribution is 5.76. The lowest BCUT2D eigenvalue weighted by molar-refractivity contribution is -0.158. The number of aliphatic carboxylic acids is 1. The third-order valence-corrected chi connectivity index (χ3v) is 4.28. The Labute approximate surface area is 140 Å². The number of halogens is 1. The first-order valence-corrected chi connectivity index (χ1v) is 7.87. The van der Waals surface area contributed by atoms with E-state index >= 15 is 0 Å². The summed E-state index contributed by atoms with van der Waals surface area (Å²) >= 11 is 0. The van der Waals surface area contributed by atoms with Gasteiger partial charge in [0.25, 0.3) is 0 Å². The zero-order valence-corrected chi connectivity index (χ0v) is 13.5. The van der Waals surface area contributed by atoms with E-state index in [1.54, 1.807) is 19.1 Å². The second-order valence-electron chi connectivity index (χ2n) is 6.57. The summed E-state index contributed by atoms with van der Waals surface area (Å²) in [5.41, 5.74) is 1.36. The Bertz CT molecular complexity index is 724. The van der Waals surface area contributed by atoms with E-state index in [-0.39, 0.29) is 5.82 Å². The van der Waals surface area contributed by atoms with E-state index in [2.05, 4.69) is 4.90 Å². The number of nitrogens with zero attached hydrogens (tertiary/aromatic N) is 1. The zero-order chi connectivity index (χ0) is 17.2. The summed E-state index contributed by atoms with van der Waals surface area (Å²) in [6.07, 6.45) is 0. The first-order valence-electron chi connectivity index (χ1n) is 7.87. The molecule has 3 rings (SSSR count). The molecule has 4 nitrogen and oxygen atoms in total. The van der Waals surface area contributed by atoms with Crippen molar-refractivity contribution in [2.75, 3.05) is 13.1 Å². The molecule has 1 aliphatic rings. The summed E-state index contributed by atoms with van der Waals surface area (Å²) < 4.78 is 18.6. The Balaban J connectivity index is 1.55. The molecule has 0 atom stereocenters. The number of carbonyl (C=O) groups is 1. The second-order valence-corrected chi connectivity index (χ2v) is 6.57. The van der Waals surface area contributed by atoms with Crippen LogP contribution in [-0.2, 0) is 17.9 Å². The highest BCUT2D eigenvalue weighted by atomic mass is 19.1. The molecule has 2 aromatic rings. The standard InChI is InChI=1S/C19H20FNO3/c1-19(18(22)23)12-21(13-19)10-15-3-2-4-17(9-15)24-11-14-5-7-16(20)8-6-14/h2-9H,10-13H2,1H3,(H,22,23). The quantitative estimate of drug-likeness (QED) is 0.883. The van der Waals surface area contributed by atoms with Crippen molar-refractivity contribution in [2.45, 2.75) is 20.1 Å². The van der Waals surface area contributed by atoms with Crippen molar-refractivity contribution in [1.29, 1.82) is 0 Å². The van der Waals surface area contributed by atoms with Crippen LogP contribution in [-0.4, -0.2) is 29.1 Å². The van der Waals surface area contributed by atoms with Gasteiger partial charge in [0.1, 0.15) is 18.2 Å². The van der Waals surface area contributed by atoms with Crippen LogP contribution in [0, 0.1) is 11.2 Å². The molecule has 2 aromatic carbocycles. The lowest BCUT2D eigenvalue weighted by Crippen LogP contribution is -2.58. The SMILES string of the molecule is CC1(C(=O)O)CN(Cc2cccc(OCc3ccc(F)cc3)c2)C1. The molecule has 0 bridgehead atoms. The van der Waals surface area contributed by atoms with Crippen LogP contribution in [0.2, 0.25) is 0 Å². The smallest absolute Gasteiger partial charge is 0.311 e. The summed E-state index contributed by atoms with van der Waals surface area (Å²) in [4.78, 5) is 13.2. The van der Waals surface area contributed by atoms with Gasteiger partial charge in [0.05, 0.1) is 5.41 Å². The van der Waals surface area contributed by atoms with E-state index in [1.165, 1.54) is 12.1 Å². The van der Waals surface area contributed by atoms with Crippen LogP contribution in [0.4, 0.5) is 4.39 Å². The molecule has 0 radical (unpaired) electrons. The van der Waals surface area contributed by atoms with Gasteiger partial charge in [-0.25, -0.2) is 4.39 Å². The van der Waals surface area contributed by atoms with Gasteiger partial charge in [-0.2, -0.15) is 0 Å². The van der Waals surface area contributed by atoms with Gasteiger partial charge in [-0.1, -0.05) is 24.3 Å². The van der Waals surface area contributed by atoms with Crippen LogP contribution in [0.25, 0.3) is 0 Å². The Hall–Kier alpha value is -2.40. The van der Waals surface area contributed by atoms with E-state index < -0.39 is 11.4 Å². The number of hydrogen-bond donors (Lipinski definition) is 1. The van der Waals surface area contributed by atoms with Gasteiger partial charge in [0.15, 0.2) is 0 Å². The average Bonchev–Trinajstić information content (AvgIpc) is 2.53. The number of benzene rings is 2. The molecule has 126 valence electrons. The fraction of sp³-hybridized carbons (Fsp3) is 0.316. The van der Waals surface area contributed by atoms with Crippen LogP contribution < -0.4 is 4.74 Å². The second kappa shape index (κ2) is 6.61. The molecule has 0 aliphatic carbocycles. The molecule has 1 N–H and O–H groups in total. The molecule has 0 spiro atoms. The fourth-order valence-electron chi connectivity index (χ4n) is 2.93. The Kier molecular flexibility index (Phi) is 4.53. The molecular formula is C19H20FNO3.